The van der Waals surface area contributed by atoms with Gasteiger partial charge in [-0.1, -0.05) is 78.7 Å². The van der Waals surface area contributed by atoms with E-state index in [1.807, 2.05) is 68.4 Å². The lowest BCUT2D eigenvalue weighted by Crippen LogP contribution is -2.50. The molecule has 10 heteroatoms. The molecule has 0 spiro atoms. The summed E-state index contributed by atoms with van der Waals surface area (Å²) < 4.78 is 31.8. The van der Waals surface area contributed by atoms with Gasteiger partial charge in [0.25, 0.3) is 0 Å². The molecule has 0 heterocycles. The van der Waals surface area contributed by atoms with Gasteiger partial charge >= 0.3 is 0 Å². The molecule has 0 saturated heterocycles. The van der Waals surface area contributed by atoms with Gasteiger partial charge < -0.3 is 15.0 Å². The molecule has 3 rings (SSSR count). The van der Waals surface area contributed by atoms with E-state index >= 15 is 0 Å². The zero-order chi connectivity index (χ0) is 30.7. The highest BCUT2D eigenvalue weighted by molar-refractivity contribution is 7.92. The van der Waals surface area contributed by atoms with Crippen molar-refractivity contribution in [1.29, 1.82) is 0 Å². The molecule has 3 aromatic carbocycles. The second kappa shape index (κ2) is 15.6. The number of sulfonamides is 1. The largest absolute Gasteiger partial charge is 0.495 e. The number of rotatable bonds is 15. The Morgan fingerprint density at radius 3 is 2.33 bits per heavy atom. The Bertz CT molecular complexity index is 1450. The number of hydrogen-bond acceptors (Lipinski definition) is 5. The van der Waals surface area contributed by atoms with Crippen LogP contribution in [0.15, 0.2) is 72.8 Å². The Labute approximate surface area is 254 Å². The molecule has 0 aliphatic carbocycles. The van der Waals surface area contributed by atoms with Crippen LogP contribution in [-0.2, 0) is 32.6 Å². The summed E-state index contributed by atoms with van der Waals surface area (Å²) in [6, 6.07) is 21.5. The van der Waals surface area contributed by atoms with Crippen molar-refractivity contribution in [1.82, 2.24) is 10.2 Å². The van der Waals surface area contributed by atoms with E-state index in [4.69, 9.17) is 16.3 Å². The van der Waals surface area contributed by atoms with Gasteiger partial charge in [0.15, 0.2) is 0 Å². The smallest absolute Gasteiger partial charge is 0.243 e. The number of nitrogens with zero attached hydrogens (tertiary/aromatic N) is 2. The first-order chi connectivity index (χ1) is 20.0. The van der Waals surface area contributed by atoms with Crippen LogP contribution in [-0.4, -0.2) is 57.6 Å². The topological polar surface area (TPSA) is 96.0 Å². The molecular formula is C32H40ClN3O5S. The number of hydrogen-bond donors (Lipinski definition) is 1. The van der Waals surface area contributed by atoms with Crippen molar-refractivity contribution in [3.8, 4) is 5.75 Å². The minimum Gasteiger partial charge on any atom is -0.495 e. The molecule has 0 radical (unpaired) electrons. The Hall–Kier alpha value is -3.56. The number of halogens is 1. The van der Waals surface area contributed by atoms with Gasteiger partial charge in [0, 0.05) is 32.5 Å². The van der Waals surface area contributed by atoms with Crippen molar-refractivity contribution < 1.29 is 22.7 Å². The third-order valence-corrected chi connectivity index (χ3v) is 8.32. The average molecular weight is 614 g/mol. The predicted octanol–water partition coefficient (Wildman–Crippen LogP) is 5.37. The summed E-state index contributed by atoms with van der Waals surface area (Å²) in [5, 5.41) is 3.26. The quantitative estimate of drug-likeness (QED) is 0.249. The van der Waals surface area contributed by atoms with Crippen LogP contribution in [0.25, 0.3) is 0 Å². The lowest BCUT2D eigenvalue weighted by Gasteiger charge is -2.32. The summed E-state index contributed by atoms with van der Waals surface area (Å²) in [6.45, 7) is 4.78. The fourth-order valence-electron chi connectivity index (χ4n) is 4.74. The third-order valence-electron chi connectivity index (χ3n) is 6.83. The molecule has 0 aliphatic heterocycles. The molecule has 226 valence electrons. The van der Waals surface area contributed by atoms with E-state index in [1.54, 1.807) is 17.0 Å². The lowest BCUT2D eigenvalue weighted by molar-refractivity contribution is -0.141. The van der Waals surface area contributed by atoms with E-state index in [0.717, 1.165) is 29.4 Å². The van der Waals surface area contributed by atoms with E-state index in [1.165, 1.54) is 17.5 Å². The number of nitrogens with one attached hydrogen (secondary N) is 1. The van der Waals surface area contributed by atoms with Crippen LogP contribution in [0.3, 0.4) is 0 Å². The Balaban J connectivity index is 1.87. The second-order valence-corrected chi connectivity index (χ2v) is 12.6. The predicted molar refractivity (Wildman–Crippen MR) is 168 cm³/mol. The minimum atomic E-state index is -3.66. The maximum absolute atomic E-state index is 13.9. The SMILES string of the molecule is CCCNC(=O)C(Cc1ccccc1)N(Cc1cccc(C)c1)C(=O)CCCN(c1ccc(OC)c(Cl)c1)S(C)(=O)=O. The van der Waals surface area contributed by atoms with Gasteiger partial charge in [-0.15, -0.1) is 0 Å². The number of ether oxygens (including phenoxy) is 1. The number of anilines is 1. The molecule has 1 atom stereocenters. The third kappa shape index (κ3) is 9.49. The van der Waals surface area contributed by atoms with Gasteiger partial charge in [-0.25, -0.2) is 8.42 Å². The number of carbonyl (C=O) groups excluding carboxylic acids is 2. The number of carbonyl (C=O) groups is 2. The standard InChI is InChI=1S/C32H40ClN3O5S/c1-5-18-34-32(38)29(21-25-12-7-6-8-13-25)35(23-26-14-9-11-24(2)20-26)31(37)15-10-19-36(42(4,39)40)27-16-17-30(41-3)28(33)22-27/h6-9,11-14,16-17,20,22,29H,5,10,15,18-19,21,23H2,1-4H3,(H,34,38). The first-order valence-electron chi connectivity index (χ1n) is 14.0. The molecule has 0 saturated carbocycles. The van der Waals surface area contributed by atoms with Crippen LogP contribution < -0.4 is 14.4 Å². The lowest BCUT2D eigenvalue weighted by atomic mass is 10.0. The number of amides is 2. The fourth-order valence-corrected chi connectivity index (χ4v) is 5.95. The maximum atomic E-state index is 13.9. The first-order valence-corrected chi connectivity index (χ1v) is 16.2. The summed E-state index contributed by atoms with van der Waals surface area (Å²) in [5.41, 5.74) is 3.29. The monoisotopic (exact) mass is 613 g/mol. The van der Waals surface area contributed by atoms with Crippen molar-refractivity contribution in [2.24, 2.45) is 0 Å². The highest BCUT2D eigenvalue weighted by Gasteiger charge is 2.30. The highest BCUT2D eigenvalue weighted by atomic mass is 35.5. The molecule has 8 nitrogen and oxygen atoms in total. The number of methoxy groups -OCH3 is 1. The van der Waals surface area contributed by atoms with Gasteiger partial charge in [0.2, 0.25) is 21.8 Å². The summed E-state index contributed by atoms with van der Waals surface area (Å²) in [5.74, 6) is -0.0145. The Kier molecular flexibility index (Phi) is 12.2. The molecule has 2 amide bonds. The van der Waals surface area contributed by atoms with Crippen molar-refractivity contribution in [2.45, 2.75) is 52.1 Å². The van der Waals surface area contributed by atoms with Crippen molar-refractivity contribution in [3.63, 3.8) is 0 Å². The van der Waals surface area contributed by atoms with Crippen molar-refractivity contribution in [3.05, 3.63) is 94.5 Å². The Morgan fingerprint density at radius 2 is 1.71 bits per heavy atom. The van der Waals surface area contributed by atoms with Gasteiger partial charge in [-0.3, -0.25) is 13.9 Å². The molecule has 0 aromatic heterocycles. The molecule has 3 aromatic rings. The van der Waals surface area contributed by atoms with Gasteiger partial charge in [-0.05, 0) is 49.1 Å². The fraction of sp³-hybridized carbons (Fsp3) is 0.375. The van der Waals surface area contributed by atoms with Crippen molar-refractivity contribution >= 4 is 39.1 Å². The average Bonchev–Trinajstić information content (AvgIpc) is 2.95. The summed E-state index contributed by atoms with van der Waals surface area (Å²) in [6.07, 6.45) is 2.54. The number of benzene rings is 3. The minimum absolute atomic E-state index is 0.0497. The molecule has 0 aliphatic rings. The summed E-state index contributed by atoms with van der Waals surface area (Å²) in [7, 11) is -2.18. The van der Waals surface area contributed by atoms with Crippen LogP contribution in [0.1, 0.15) is 42.9 Å². The first kappa shape index (κ1) is 32.9. The van der Waals surface area contributed by atoms with Crippen LogP contribution in [0.5, 0.6) is 5.75 Å². The van der Waals surface area contributed by atoms with Gasteiger partial charge in [0.05, 0.1) is 24.1 Å². The zero-order valence-corrected chi connectivity index (χ0v) is 26.2. The van der Waals surface area contributed by atoms with Gasteiger partial charge in [-0.2, -0.15) is 0 Å². The molecule has 1 unspecified atom stereocenters. The van der Waals surface area contributed by atoms with Gasteiger partial charge in [0.1, 0.15) is 11.8 Å². The van der Waals surface area contributed by atoms with Crippen LogP contribution >= 0.6 is 11.6 Å². The summed E-state index contributed by atoms with van der Waals surface area (Å²) in [4.78, 5) is 29.0. The Morgan fingerprint density at radius 1 is 1.00 bits per heavy atom. The highest BCUT2D eigenvalue weighted by Crippen LogP contribution is 2.30. The molecular weight excluding hydrogens is 574 g/mol. The zero-order valence-electron chi connectivity index (χ0n) is 24.7. The van der Waals surface area contributed by atoms with Crippen LogP contribution in [0, 0.1) is 6.92 Å². The normalized spacial score (nSPS) is 11.9. The molecule has 1 N–H and O–H groups in total. The van der Waals surface area contributed by atoms with Crippen molar-refractivity contribution in [2.75, 3.05) is 30.8 Å². The second-order valence-electron chi connectivity index (χ2n) is 10.3. The van der Waals surface area contributed by atoms with E-state index < -0.39 is 16.1 Å². The van der Waals surface area contributed by atoms with E-state index in [2.05, 4.69) is 5.32 Å². The molecule has 0 bridgehead atoms. The van der Waals surface area contributed by atoms with E-state index in [-0.39, 0.29) is 42.8 Å². The van der Waals surface area contributed by atoms with E-state index in [0.29, 0.717) is 24.4 Å². The summed E-state index contributed by atoms with van der Waals surface area (Å²) >= 11 is 6.26. The van der Waals surface area contributed by atoms with Crippen LogP contribution in [0.2, 0.25) is 5.02 Å². The van der Waals surface area contributed by atoms with Crippen LogP contribution in [0.4, 0.5) is 5.69 Å². The maximum Gasteiger partial charge on any atom is 0.243 e. The molecule has 0 fully saturated rings. The van der Waals surface area contributed by atoms with E-state index in [9.17, 15) is 18.0 Å². The number of aryl methyl sites for hydroxylation is 1. The molecule has 42 heavy (non-hydrogen) atoms.